The van der Waals surface area contributed by atoms with Crippen molar-refractivity contribution in [2.75, 3.05) is 18.8 Å². The van der Waals surface area contributed by atoms with Crippen molar-refractivity contribution in [1.29, 1.82) is 0 Å². The van der Waals surface area contributed by atoms with Gasteiger partial charge >= 0.3 is 0 Å². The van der Waals surface area contributed by atoms with Crippen molar-refractivity contribution in [2.45, 2.75) is 11.7 Å². The molecule has 26 heavy (non-hydrogen) atoms. The number of aromatic nitrogens is 2. The lowest BCUT2D eigenvalue weighted by Crippen LogP contribution is -2.33. The van der Waals surface area contributed by atoms with Gasteiger partial charge in [0.25, 0.3) is 5.91 Å². The van der Waals surface area contributed by atoms with Gasteiger partial charge in [-0.25, -0.2) is 0 Å². The predicted octanol–water partition coefficient (Wildman–Crippen LogP) is 4.40. The van der Waals surface area contributed by atoms with Gasteiger partial charge < -0.3 is 4.90 Å². The third-order valence-electron chi connectivity index (χ3n) is 4.68. The molecule has 1 aliphatic rings. The lowest BCUT2D eigenvalue weighted by molar-refractivity contribution is 0.0760. The smallest absolute Gasteiger partial charge is 0.271 e. The Hall–Kier alpha value is -2.53. The summed E-state index contributed by atoms with van der Waals surface area (Å²) in [4.78, 5) is 14.8. The number of hydrogen-bond acceptors (Lipinski definition) is 3. The fraction of sp³-hybridized carbons (Fsp3) is 0.238. The van der Waals surface area contributed by atoms with Crippen molar-refractivity contribution in [3.8, 4) is 11.3 Å². The summed E-state index contributed by atoms with van der Waals surface area (Å²) in [7, 11) is 0. The van der Waals surface area contributed by atoms with Crippen molar-refractivity contribution in [2.24, 2.45) is 0 Å². The van der Waals surface area contributed by atoms with Crippen LogP contribution in [0.25, 0.3) is 11.3 Å². The van der Waals surface area contributed by atoms with Crippen molar-refractivity contribution in [1.82, 2.24) is 15.1 Å². The van der Waals surface area contributed by atoms with Gasteiger partial charge in [-0.2, -0.15) is 16.9 Å². The Morgan fingerprint density at radius 2 is 1.77 bits per heavy atom. The van der Waals surface area contributed by atoms with Crippen LogP contribution in [0.15, 0.2) is 66.7 Å². The summed E-state index contributed by atoms with van der Waals surface area (Å²) in [6.45, 7) is 1.54. The Kier molecular flexibility index (Phi) is 5.07. The molecule has 1 fully saturated rings. The number of thioether (sulfide) groups is 1. The largest absolute Gasteiger partial charge is 0.336 e. The van der Waals surface area contributed by atoms with Crippen LogP contribution in [-0.4, -0.2) is 39.8 Å². The predicted molar refractivity (Wildman–Crippen MR) is 106 cm³/mol. The van der Waals surface area contributed by atoms with E-state index in [0.717, 1.165) is 36.5 Å². The molecule has 0 radical (unpaired) electrons. The molecule has 2 heterocycles. The van der Waals surface area contributed by atoms with Crippen LogP contribution in [0, 0.1) is 0 Å². The Morgan fingerprint density at radius 3 is 2.54 bits per heavy atom. The number of aromatic amines is 1. The highest BCUT2D eigenvalue weighted by Crippen LogP contribution is 2.34. The lowest BCUT2D eigenvalue weighted by Gasteiger charge is -2.19. The first-order chi connectivity index (χ1) is 12.8. The second-order valence-corrected chi connectivity index (χ2v) is 7.69. The molecular formula is C21H21N3OS. The second-order valence-electron chi connectivity index (χ2n) is 6.38. The first-order valence-corrected chi connectivity index (χ1v) is 9.93. The van der Waals surface area contributed by atoms with Gasteiger partial charge in [0, 0.05) is 29.7 Å². The first kappa shape index (κ1) is 16.9. The average Bonchev–Trinajstić information content (AvgIpc) is 3.07. The van der Waals surface area contributed by atoms with E-state index in [0.29, 0.717) is 10.9 Å². The maximum absolute atomic E-state index is 12.9. The topological polar surface area (TPSA) is 49.0 Å². The van der Waals surface area contributed by atoms with E-state index in [-0.39, 0.29) is 5.91 Å². The molecular weight excluding hydrogens is 342 g/mol. The van der Waals surface area contributed by atoms with Gasteiger partial charge in [-0.05, 0) is 18.1 Å². The fourth-order valence-electron chi connectivity index (χ4n) is 3.27. The summed E-state index contributed by atoms with van der Waals surface area (Å²) >= 11 is 1.94. The molecule has 2 aromatic carbocycles. The van der Waals surface area contributed by atoms with Gasteiger partial charge in [0.2, 0.25) is 0 Å². The van der Waals surface area contributed by atoms with E-state index >= 15 is 0 Å². The quantitative estimate of drug-likeness (QED) is 0.750. The van der Waals surface area contributed by atoms with Gasteiger partial charge in [-0.1, -0.05) is 60.7 Å². The standard InChI is InChI=1S/C21H21N3OS/c25-21(19-15-18(22-23-19)16-7-3-1-4-8-16)24-12-11-20(26-14-13-24)17-9-5-2-6-10-17/h1-10,15,20H,11-14H2,(H,22,23). The summed E-state index contributed by atoms with van der Waals surface area (Å²) in [5.41, 5.74) is 3.73. The Labute approximate surface area is 157 Å². The molecule has 1 N–H and O–H groups in total. The molecule has 4 nitrogen and oxygen atoms in total. The summed E-state index contributed by atoms with van der Waals surface area (Å²) in [5, 5.41) is 7.68. The molecule has 3 aromatic rings. The van der Waals surface area contributed by atoms with E-state index in [9.17, 15) is 4.79 Å². The number of carbonyl (C=O) groups excluding carboxylic acids is 1. The SMILES string of the molecule is O=C(c1cc(-c2ccccc2)n[nH]1)N1CCSC(c2ccccc2)CC1. The molecule has 0 spiro atoms. The number of rotatable bonds is 3. The number of carbonyl (C=O) groups is 1. The van der Waals surface area contributed by atoms with E-state index < -0.39 is 0 Å². The minimum absolute atomic E-state index is 0.0361. The van der Waals surface area contributed by atoms with Gasteiger partial charge in [0.1, 0.15) is 5.69 Å². The average molecular weight is 363 g/mol. The molecule has 1 aliphatic heterocycles. The number of benzene rings is 2. The van der Waals surface area contributed by atoms with Crippen LogP contribution < -0.4 is 0 Å². The molecule has 1 unspecified atom stereocenters. The number of amides is 1. The number of hydrogen-bond donors (Lipinski definition) is 1. The van der Waals surface area contributed by atoms with E-state index in [1.54, 1.807) is 0 Å². The number of H-pyrrole nitrogens is 1. The van der Waals surface area contributed by atoms with Crippen molar-refractivity contribution >= 4 is 17.7 Å². The zero-order valence-electron chi connectivity index (χ0n) is 14.5. The lowest BCUT2D eigenvalue weighted by atomic mass is 10.1. The molecule has 132 valence electrons. The number of nitrogens with one attached hydrogen (secondary N) is 1. The van der Waals surface area contributed by atoms with Crippen molar-refractivity contribution in [3.05, 3.63) is 78.0 Å². The van der Waals surface area contributed by atoms with E-state index in [1.807, 2.05) is 59.1 Å². The molecule has 0 bridgehead atoms. The van der Waals surface area contributed by atoms with E-state index in [4.69, 9.17) is 0 Å². The molecule has 0 aliphatic carbocycles. The molecule has 1 aromatic heterocycles. The zero-order valence-corrected chi connectivity index (χ0v) is 15.3. The van der Waals surface area contributed by atoms with Crippen LogP contribution in [-0.2, 0) is 0 Å². The van der Waals surface area contributed by atoms with Crippen LogP contribution >= 0.6 is 11.8 Å². The van der Waals surface area contributed by atoms with Crippen LogP contribution in [0.2, 0.25) is 0 Å². The van der Waals surface area contributed by atoms with Crippen LogP contribution in [0.5, 0.6) is 0 Å². The van der Waals surface area contributed by atoms with E-state index in [2.05, 4.69) is 34.5 Å². The summed E-state index contributed by atoms with van der Waals surface area (Å²) in [6, 6.07) is 22.3. The van der Waals surface area contributed by atoms with Crippen molar-refractivity contribution < 1.29 is 4.79 Å². The molecule has 0 saturated carbocycles. The maximum Gasteiger partial charge on any atom is 0.271 e. The third-order valence-corrected chi connectivity index (χ3v) is 6.01. The molecule has 1 atom stereocenters. The van der Waals surface area contributed by atoms with Crippen LogP contribution in [0.3, 0.4) is 0 Å². The molecule has 1 amide bonds. The third kappa shape index (κ3) is 3.68. The van der Waals surface area contributed by atoms with Gasteiger partial charge in [0.05, 0.1) is 5.69 Å². The molecule has 5 heteroatoms. The highest BCUT2D eigenvalue weighted by atomic mass is 32.2. The Balaban J connectivity index is 1.45. The first-order valence-electron chi connectivity index (χ1n) is 8.88. The van der Waals surface area contributed by atoms with Gasteiger partial charge in [0.15, 0.2) is 0 Å². The number of nitrogens with zero attached hydrogens (tertiary/aromatic N) is 2. The highest BCUT2D eigenvalue weighted by molar-refractivity contribution is 7.99. The highest BCUT2D eigenvalue weighted by Gasteiger charge is 2.24. The summed E-state index contributed by atoms with van der Waals surface area (Å²) in [6.07, 6.45) is 0.972. The minimum atomic E-state index is 0.0361. The van der Waals surface area contributed by atoms with Gasteiger partial charge in [-0.15, -0.1) is 0 Å². The second kappa shape index (κ2) is 7.79. The van der Waals surface area contributed by atoms with Crippen molar-refractivity contribution in [3.63, 3.8) is 0 Å². The minimum Gasteiger partial charge on any atom is -0.336 e. The fourth-order valence-corrected chi connectivity index (χ4v) is 4.50. The molecule has 1 saturated heterocycles. The monoisotopic (exact) mass is 363 g/mol. The Morgan fingerprint density at radius 1 is 1.04 bits per heavy atom. The summed E-state index contributed by atoms with van der Waals surface area (Å²) < 4.78 is 0. The summed E-state index contributed by atoms with van der Waals surface area (Å²) in [5.74, 6) is 0.985. The zero-order chi connectivity index (χ0) is 17.8. The normalized spacial score (nSPS) is 17.7. The van der Waals surface area contributed by atoms with Gasteiger partial charge in [-0.3, -0.25) is 9.89 Å². The maximum atomic E-state index is 12.9. The molecule has 4 rings (SSSR count). The Bertz CT molecular complexity index is 863. The van der Waals surface area contributed by atoms with Crippen LogP contribution in [0.4, 0.5) is 0 Å². The van der Waals surface area contributed by atoms with Crippen LogP contribution in [0.1, 0.15) is 27.7 Å². The van der Waals surface area contributed by atoms with E-state index in [1.165, 1.54) is 5.56 Å².